The average molecular weight is 285 g/mol. The summed E-state index contributed by atoms with van der Waals surface area (Å²) in [5, 5.41) is 0. The maximum atomic E-state index is 13.9. The summed E-state index contributed by atoms with van der Waals surface area (Å²) in [6.07, 6.45) is 3.53. The Kier molecular flexibility index (Phi) is 3.15. The fourth-order valence-electron chi connectivity index (χ4n) is 2.71. The van der Waals surface area contributed by atoms with Crippen molar-refractivity contribution in [1.29, 1.82) is 0 Å². The number of benzene rings is 1. The average Bonchev–Trinajstić information content (AvgIpc) is 2.67. The van der Waals surface area contributed by atoms with Crippen molar-refractivity contribution in [3.05, 3.63) is 34.1 Å². The SMILES string of the molecule is CC(=O)C1(c2c(F)cccc2Br)CCCC1. The largest absolute Gasteiger partial charge is 0.299 e. The number of hydrogen-bond donors (Lipinski definition) is 0. The van der Waals surface area contributed by atoms with Crippen LogP contribution in [0, 0.1) is 5.82 Å². The summed E-state index contributed by atoms with van der Waals surface area (Å²) in [5.41, 5.74) is -0.0375. The van der Waals surface area contributed by atoms with E-state index < -0.39 is 5.41 Å². The quantitative estimate of drug-likeness (QED) is 0.803. The van der Waals surface area contributed by atoms with Crippen LogP contribution in [0.15, 0.2) is 22.7 Å². The molecule has 0 N–H and O–H groups in total. The number of carbonyl (C=O) groups excluding carboxylic acids is 1. The predicted octanol–water partition coefficient (Wildman–Crippen LogP) is 3.99. The van der Waals surface area contributed by atoms with Gasteiger partial charge in [-0.05, 0) is 31.9 Å². The molecule has 0 aromatic heterocycles. The molecule has 1 aromatic rings. The minimum absolute atomic E-state index is 0.0794. The van der Waals surface area contributed by atoms with Gasteiger partial charge in [0.05, 0.1) is 5.41 Å². The van der Waals surface area contributed by atoms with Crippen molar-refractivity contribution < 1.29 is 9.18 Å². The number of hydrogen-bond acceptors (Lipinski definition) is 1. The lowest BCUT2D eigenvalue weighted by Gasteiger charge is -2.28. The zero-order valence-corrected chi connectivity index (χ0v) is 10.8. The highest BCUT2D eigenvalue weighted by molar-refractivity contribution is 9.10. The summed E-state index contributed by atoms with van der Waals surface area (Å²) < 4.78 is 14.6. The molecule has 0 spiro atoms. The fourth-order valence-corrected chi connectivity index (χ4v) is 3.43. The van der Waals surface area contributed by atoms with Crippen LogP contribution in [0.1, 0.15) is 38.2 Å². The molecule has 0 saturated heterocycles. The smallest absolute Gasteiger partial charge is 0.140 e. The van der Waals surface area contributed by atoms with E-state index in [1.54, 1.807) is 19.1 Å². The van der Waals surface area contributed by atoms with Crippen molar-refractivity contribution in [2.24, 2.45) is 0 Å². The third-order valence-electron chi connectivity index (χ3n) is 3.57. The van der Waals surface area contributed by atoms with Crippen molar-refractivity contribution in [2.75, 3.05) is 0 Å². The molecule has 16 heavy (non-hydrogen) atoms. The number of Topliss-reactive ketones (excluding diaryl/α,β-unsaturated/α-hetero) is 1. The Labute approximate surface area is 103 Å². The van der Waals surface area contributed by atoms with Gasteiger partial charge in [-0.3, -0.25) is 4.79 Å². The molecule has 0 aliphatic heterocycles. The highest BCUT2D eigenvalue weighted by atomic mass is 79.9. The van der Waals surface area contributed by atoms with Crippen LogP contribution in [0.25, 0.3) is 0 Å². The van der Waals surface area contributed by atoms with Gasteiger partial charge in [-0.2, -0.15) is 0 Å². The molecule has 1 aliphatic carbocycles. The van der Waals surface area contributed by atoms with Gasteiger partial charge in [0.2, 0.25) is 0 Å². The first kappa shape index (κ1) is 11.8. The Bertz CT molecular complexity index is 402. The normalized spacial score (nSPS) is 18.7. The monoisotopic (exact) mass is 284 g/mol. The number of halogens is 2. The van der Waals surface area contributed by atoms with Crippen LogP contribution in [-0.2, 0) is 10.2 Å². The van der Waals surface area contributed by atoms with E-state index in [2.05, 4.69) is 15.9 Å². The summed E-state index contributed by atoms with van der Waals surface area (Å²) in [7, 11) is 0. The van der Waals surface area contributed by atoms with Crippen molar-refractivity contribution >= 4 is 21.7 Å². The van der Waals surface area contributed by atoms with Crippen molar-refractivity contribution in [3.63, 3.8) is 0 Å². The Morgan fingerprint density at radius 3 is 2.50 bits per heavy atom. The molecule has 86 valence electrons. The van der Waals surface area contributed by atoms with Crippen LogP contribution >= 0.6 is 15.9 Å². The van der Waals surface area contributed by atoms with Gasteiger partial charge >= 0.3 is 0 Å². The Balaban J connectivity index is 2.60. The second-order valence-electron chi connectivity index (χ2n) is 4.44. The van der Waals surface area contributed by atoms with Gasteiger partial charge in [-0.25, -0.2) is 4.39 Å². The molecule has 1 aliphatic rings. The molecule has 0 heterocycles. The summed E-state index contributed by atoms with van der Waals surface area (Å²) >= 11 is 3.37. The van der Waals surface area contributed by atoms with Crippen LogP contribution in [0.5, 0.6) is 0 Å². The molecule has 0 unspecified atom stereocenters. The van der Waals surface area contributed by atoms with Gasteiger partial charge in [0, 0.05) is 10.0 Å². The zero-order chi connectivity index (χ0) is 11.8. The van der Waals surface area contributed by atoms with Gasteiger partial charge in [0.1, 0.15) is 11.6 Å². The van der Waals surface area contributed by atoms with Crippen molar-refractivity contribution in [1.82, 2.24) is 0 Å². The number of carbonyl (C=O) groups is 1. The molecule has 1 aromatic carbocycles. The van der Waals surface area contributed by atoms with E-state index in [9.17, 15) is 9.18 Å². The first-order chi connectivity index (χ1) is 7.58. The molecule has 1 fully saturated rings. The maximum Gasteiger partial charge on any atom is 0.140 e. The van der Waals surface area contributed by atoms with Gasteiger partial charge < -0.3 is 0 Å². The van der Waals surface area contributed by atoms with Crippen LogP contribution in [-0.4, -0.2) is 5.78 Å². The van der Waals surface area contributed by atoms with E-state index >= 15 is 0 Å². The Morgan fingerprint density at radius 1 is 1.38 bits per heavy atom. The van der Waals surface area contributed by atoms with E-state index in [4.69, 9.17) is 0 Å². The topological polar surface area (TPSA) is 17.1 Å². The lowest BCUT2D eigenvalue weighted by Crippen LogP contribution is -2.32. The second kappa shape index (κ2) is 4.28. The van der Waals surface area contributed by atoms with Gasteiger partial charge in [-0.15, -0.1) is 0 Å². The molecule has 0 atom stereocenters. The van der Waals surface area contributed by atoms with E-state index in [0.717, 1.165) is 25.7 Å². The van der Waals surface area contributed by atoms with Crippen LogP contribution < -0.4 is 0 Å². The summed E-state index contributed by atoms with van der Waals surface area (Å²) in [4.78, 5) is 11.9. The Morgan fingerprint density at radius 2 is 2.00 bits per heavy atom. The second-order valence-corrected chi connectivity index (χ2v) is 5.30. The van der Waals surface area contributed by atoms with Crippen molar-refractivity contribution in [3.8, 4) is 0 Å². The van der Waals surface area contributed by atoms with E-state index in [0.29, 0.717) is 10.0 Å². The summed E-state index contributed by atoms with van der Waals surface area (Å²) in [6, 6.07) is 4.90. The molecule has 0 bridgehead atoms. The minimum Gasteiger partial charge on any atom is -0.299 e. The standard InChI is InChI=1S/C13H14BrFO/c1-9(16)13(7-2-3-8-13)12-10(14)5-4-6-11(12)15/h4-6H,2-3,7-8H2,1H3. The zero-order valence-electron chi connectivity index (χ0n) is 9.22. The molecule has 0 amide bonds. The van der Waals surface area contributed by atoms with E-state index in [1.807, 2.05) is 0 Å². The minimum atomic E-state index is -0.593. The third-order valence-corrected chi connectivity index (χ3v) is 4.23. The third kappa shape index (κ3) is 1.71. The van der Waals surface area contributed by atoms with Crippen molar-refractivity contribution in [2.45, 2.75) is 38.0 Å². The highest BCUT2D eigenvalue weighted by Gasteiger charge is 2.43. The first-order valence-electron chi connectivity index (χ1n) is 5.53. The van der Waals surface area contributed by atoms with E-state index in [1.165, 1.54) is 6.07 Å². The molecular formula is C13H14BrFO. The first-order valence-corrected chi connectivity index (χ1v) is 6.33. The highest BCUT2D eigenvalue weighted by Crippen LogP contribution is 2.45. The van der Waals surface area contributed by atoms with E-state index in [-0.39, 0.29) is 11.6 Å². The lowest BCUT2D eigenvalue weighted by molar-refractivity contribution is -0.122. The van der Waals surface area contributed by atoms with Gasteiger partial charge in [-0.1, -0.05) is 34.8 Å². The molecule has 1 saturated carbocycles. The van der Waals surface area contributed by atoms with Gasteiger partial charge in [0.15, 0.2) is 0 Å². The van der Waals surface area contributed by atoms with Gasteiger partial charge in [0.25, 0.3) is 0 Å². The maximum absolute atomic E-state index is 13.9. The molecule has 2 rings (SSSR count). The Hall–Kier alpha value is -0.700. The summed E-state index contributed by atoms with van der Waals surface area (Å²) in [6.45, 7) is 1.57. The number of rotatable bonds is 2. The number of ketones is 1. The van der Waals surface area contributed by atoms with Crippen LogP contribution in [0.2, 0.25) is 0 Å². The summed E-state index contributed by atoms with van der Waals surface area (Å²) in [5.74, 6) is -0.192. The molecular weight excluding hydrogens is 271 g/mol. The molecule has 3 heteroatoms. The molecule has 1 nitrogen and oxygen atoms in total. The molecule has 0 radical (unpaired) electrons. The lowest BCUT2D eigenvalue weighted by atomic mass is 9.75. The van der Waals surface area contributed by atoms with Crippen LogP contribution in [0.4, 0.5) is 4.39 Å². The fraction of sp³-hybridized carbons (Fsp3) is 0.462. The van der Waals surface area contributed by atoms with Crippen LogP contribution in [0.3, 0.4) is 0 Å². The predicted molar refractivity (Wildman–Crippen MR) is 64.9 cm³/mol.